The maximum Gasteiger partial charge on any atom is 0.228 e. The van der Waals surface area contributed by atoms with Crippen LogP contribution in [0.5, 0.6) is 17.2 Å². The molecule has 156 valence electrons. The molecule has 1 aliphatic rings. The maximum absolute atomic E-state index is 11.9. The highest BCUT2D eigenvalue weighted by Crippen LogP contribution is 2.43. The number of anilines is 1. The third-order valence-corrected chi connectivity index (χ3v) is 5.44. The monoisotopic (exact) mass is 416 g/mol. The van der Waals surface area contributed by atoms with Crippen molar-refractivity contribution in [3.8, 4) is 39.7 Å². The first-order chi connectivity index (χ1) is 15.1. The molecule has 5 rings (SSSR count). The molecule has 0 bridgehead atoms. The number of ether oxygens (including phenoxy) is 3. The number of hydrogen-bond donors (Lipinski definition) is 1. The molecule has 1 amide bonds. The van der Waals surface area contributed by atoms with Crippen molar-refractivity contribution in [2.45, 2.75) is 6.42 Å². The number of carbonyl (C=O) groups is 1. The molecule has 0 saturated heterocycles. The van der Waals surface area contributed by atoms with E-state index in [2.05, 4.69) is 10.3 Å². The van der Waals surface area contributed by atoms with Crippen molar-refractivity contribution in [3.05, 3.63) is 54.2 Å². The zero-order chi connectivity index (χ0) is 21.5. The zero-order valence-corrected chi connectivity index (χ0v) is 17.3. The van der Waals surface area contributed by atoms with Gasteiger partial charge in [0.1, 0.15) is 11.3 Å². The molecule has 1 aliphatic heterocycles. The van der Waals surface area contributed by atoms with Crippen molar-refractivity contribution >= 4 is 22.7 Å². The second-order valence-electron chi connectivity index (χ2n) is 7.15. The van der Waals surface area contributed by atoms with E-state index in [1.165, 1.54) is 0 Å². The molecule has 0 atom stereocenters. The fraction of sp³-hybridized carbons (Fsp3) is 0.167. The van der Waals surface area contributed by atoms with E-state index in [1.54, 1.807) is 27.5 Å². The van der Waals surface area contributed by atoms with Crippen molar-refractivity contribution in [1.82, 2.24) is 4.98 Å². The number of pyridine rings is 1. The molecule has 0 saturated carbocycles. The van der Waals surface area contributed by atoms with Crippen LogP contribution in [0.2, 0.25) is 0 Å². The van der Waals surface area contributed by atoms with Gasteiger partial charge in [0, 0.05) is 29.1 Å². The molecule has 1 N–H and O–H groups in total. The van der Waals surface area contributed by atoms with E-state index in [0.717, 1.165) is 33.5 Å². The van der Waals surface area contributed by atoms with Crippen LogP contribution in [0, 0.1) is 0 Å². The first kappa shape index (κ1) is 19.0. The largest absolute Gasteiger partial charge is 0.493 e. The standard InChI is InChI=1S/C24H20N2O5/c1-28-20-9-13(10-21(29-2)24(20)30-3)19-12-18-23(31-19)15(7-8-25-18)14-5-4-6-17-16(14)11-22(27)26-17/h4-10,12H,11H2,1-3H3,(H,26,27). The van der Waals surface area contributed by atoms with Gasteiger partial charge in [-0.15, -0.1) is 0 Å². The smallest absolute Gasteiger partial charge is 0.228 e. The number of methoxy groups -OCH3 is 3. The Bertz CT molecular complexity index is 1300. The van der Waals surface area contributed by atoms with Crippen LogP contribution < -0.4 is 19.5 Å². The highest BCUT2D eigenvalue weighted by molar-refractivity contribution is 6.04. The molecule has 0 radical (unpaired) electrons. The Hall–Kier alpha value is -4.00. The molecule has 0 spiro atoms. The van der Waals surface area contributed by atoms with E-state index in [0.29, 0.717) is 35.0 Å². The minimum Gasteiger partial charge on any atom is -0.493 e. The summed E-state index contributed by atoms with van der Waals surface area (Å²) in [5.41, 5.74) is 5.78. The summed E-state index contributed by atoms with van der Waals surface area (Å²) in [6.07, 6.45) is 2.09. The fourth-order valence-corrected chi connectivity index (χ4v) is 4.02. The van der Waals surface area contributed by atoms with Crippen LogP contribution in [0.4, 0.5) is 5.69 Å². The number of aromatic nitrogens is 1. The first-order valence-electron chi connectivity index (χ1n) is 9.74. The van der Waals surface area contributed by atoms with Gasteiger partial charge < -0.3 is 23.9 Å². The van der Waals surface area contributed by atoms with Crippen LogP contribution in [0.1, 0.15) is 5.56 Å². The number of nitrogens with zero attached hydrogens (tertiary/aromatic N) is 1. The van der Waals surface area contributed by atoms with Crippen LogP contribution in [0.3, 0.4) is 0 Å². The molecular weight excluding hydrogens is 396 g/mol. The van der Waals surface area contributed by atoms with Crippen molar-refractivity contribution in [3.63, 3.8) is 0 Å². The topological polar surface area (TPSA) is 82.8 Å². The van der Waals surface area contributed by atoms with Gasteiger partial charge in [0.2, 0.25) is 11.7 Å². The summed E-state index contributed by atoms with van der Waals surface area (Å²) in [7, 11) is 4.71. The van der Waals surface area contributed by atoms with Crippen molar-refractivity contribution < 1.29 is 23.4 Å². The van der Waals surface area contributed by atoms with Gasteiger partial charge >= 0.3 is 0 Å². The number of furan rings is 1. The predicted octanol–water partition coefficient (Wildman–Crippen LogP) is 4.68. The van der Waals surface area contributed by atoms with Crippen molar-refractivity contribution in [2.24, 2.45) is 0 Å². The average Bonchev–Trinajstić information content (AvgIpc) is 3.40. The summed E-state index contributed by atoms with van der Waals surface area (Å²) >= 11 is 0. The van der Waals surface area contributed by atoms with E-state index in [-0.39, 0.29) is 5.91 Å². The van der Waals surface area contributed by atoms with Crippen LogP contribution in [0.15, 0.2) is 53.1 Å². The molecule has 7 nitrogen and oxygen atoms in total. The number of fused-ring (bicyclic) bond motifs is 2. The summed E-state index contributed by atoms with van der Waals surface area (Å²) in [4.78, 5) is 16.4. The highest BCUT2D eigenvalue weighted by atomic mass is 16.5. The van der Waals surface area contributed by atoms with Gasteiger partial charge in [-0.05, 0) is 35.4 Å². The molecular formula is C24H20N2O5. The lowest BCUT2D eigenvalue weighted by Gasteiger charge is -2.13. The summed E-state index contributed by atoms with van der Waals surface area (Å²) in [5, 5.41) is 2.90. The maximum atomic E-state index is 11.9. The molecule has 4 aromatic rings. The van der Waals surface area contributed by atoms with Gasteiger partial charge in [-0.3, -0.25) is 9.78 Å². The van der Waals surface area contributed by atoms with Gasteiger partial charge in [-0.2, -0.15) is 0 Å². The number of rotatable bonds is 5. The van der Waals surface area contributed by atoms with Gasteiger partial charge in [0.05, 0.1) is 27.8 Å². The molecule has 3 heterocycles. The van der Waals surface area contributed by atoms with E-state index in [4.69, 9.17) is 18.6 Å². The zero-order valence-electron chi connectivity index (χ0n) is 17.3. The van der Waals surface area contributed by atoms with E-state index in [1.807, 2.05) is 42.5 Å². The Morgan fingerprint density at radius 3 is 2.45 bits per heavy atom. The molecule has 2 aromatic carbocycles. The normalized spacial score (nSPS) is 12.5. The second-order valence-corrected chi connectivity index (χ2v) is 7.15. The Balaban J connectivity index is 1.68. The van der Waals surface area contributed by atoms with E-state index in [9.17, 15) is 4.79 Å². The van der Waals surface area contributed by atoms with Crippen LogP contribution in [-0.4, -0.2) is 32.2 Å². The first-order valence-corrected chi connectivity index (χ1v) is 9.74. The molecule has 0 fully saturated rings. The predicted molar refractivity (Wildman–Crippen MR) is 117 cm³/mol. The molecule has 31 heavy (non-hydrogen) atoms. The second kappa shape index (κ2) is 7.36. The fourth-order valence-electron chi connectivity index (χ4n) is 4.02. The Kier molecular flexibility index (Phi) is 4.51. The lowest BCUT2D eigenvalue weighted by molar-refractivity contribution is -0.115. The quantitative estimate of drug-likeness (QED) is 0.509. The van der Waals surface area contributed by atoms with Gasteiger partial charge in [-0.1, -0.05) is 12.1 Å². The summed E-state index contributed by atoms with van der Waals surface area (Å²) in [6.45, 7) is 0. The average molecular weight is 416 g/mol. The summed E-state index contributed by atoms with van der Waals surface area (Å²) in [6, 6.07) is 13.3. The number of carbonyl (C=O) groups excluding carboxylic acids is 1. The Morgan fingerprint density at radius 2 is 1.74 bits per heavy atom. The van der Waals surface area contributed by atoms with Crippen LogP contribution in [-0.2, 0) is 11.2 Å². The lowest BCUT2D eigenvalue weighted by atomic mass is 9.98. The van der Waals surface area contributed by atoms with Crippen LogP contribution >= 0.6 is 0 Å². The third kappa shape index (κ3) is 3.06. The van der Waals surface area contributed by atoms with Gasteiger partial charge in [0.25, 0.3) is 0 Å². The number of amides is 1. The summed E-state index contributed by atoms with van der Waals surface area (Å²) in [5.74, 6) is 2.20. The minimum absolute atomic E-state index is 0.00898. The third-order valence-electron chi connectivity index (χ3n) is 5.44. The number of nitrogens with one attached hydrogen (secondary N) is 1. The lowest BCUT2D eigenvalue weighted by Crippen LogP contribution is -2.03. The van der Waals surface area contributed by atoms with E-state index >= 15 is 0 Å². The summed E-state index contributed by atoms with van der Waals surface area (Å²) < 4.78 is 22.6. The minimum atomic E-state index is -0.00898. The van der Waals surface area contributed by atoms with E-state index < -0.39 is 0 Å². The SMILES string of the molecule is COc1cc(-c2cc3nccc(-c4cccc5c4CC(=O)N5)c3o2)cc(OC)c1OC. The highest BCUT2D eigenvalue weighted by Gasteiger charge is 2.23. The van der Waals surface area contributed by atoms with Crippen molar-refractivity contribution in [2.75, 3.05) is 26.6 Å². The van der Waals surface area contributed by atoms with Gasteiger partial charge in [-0.25, -0.2) is 0 Å². The van der Waals surface area contributed by atoms with Crippen LogP contribution in [0.25, 0.3) is 33.6 Å². The molecule has 0 unspecified atom stereocenters. The Morgan fingerprint density at radius 1 is 0.968 bits per heavy atom. The van der Waals surface area contributed by atoms with Crippen molar-refractivity contribution in [1.29, 1.82) is 0 Å². The number of hydrogen-bond acceptors (Lipinski definition) is 6. The molecule has 7 heteroatoms. The molecule has 0 aliphatic carbocycles. The molecule has 2 aromatic heterocycles. The van der Waals surface area contributed by atoms with Gasteiger partial charge in [0.15, 0.2) is 17.1 Å². The number of benzene rings is 2. The Labute approximate surface area is 178 Å².